The van der Waals surface area contributed by atoms with Gasteiger partial charge in [-0.25, -0.2) is 14.7 Å². The molecule has 0 radical (unpaired) electrons. The zero-order chi connectivity index (χ0) is 15.5. The Morgan fingerprint density at radius 1 is 1.45 bits per heavy atom. The van der Waals surface area contributed by atoms with Crippen molar-refractivity contribution in [2.24, 2.45) is 0 Å². The summed E-state index contributed by atoms with van der Waals surface area (Å²) < 4.78 is 2.30. The molecule has 0 aliphatic carbocycles. The number of hydrazine groups is 1. The first kappa shape index (κ1) is 15.0. The summed E-state index contributed by atoms with van der Waals surface area (Å²) in [7, 11) is 0. The van der Waals surface area contributed by atoms with E-state index in [1.165, 1.54) is 34.1 Å². The molecule has 1 aromatic carbocycles. The topological polar surface area (TPSA) is 80.1 Å². The fraction of sp³-hybridized carbons (Fsp3) is 0.231. The predicted molar refractivity (Wildman–Crippen MR) is 84.4 cm³/mol. The number of hydrogen-bond donors (Lipinski definition) is 1. The molecule has 1 saturated heterocycles. The molecule has 1 N–H and O–H groups in total. The molecule has 7 nitrogen and oxygen atoms in total. The standard InChI is InChI=1S/C13H12BrN5O2S/c14-10-4-2-1-3-9(10)13-19(12(21)6-22-13)17-11(20)5-18-8-15-7-16-18/h1-4,7-8,13H,5-6H2,(H,17,20). The summed E-state index contributed by atoms with van der Waals surface area (Å²) in [4.78, 5) is 27.9. The molecule has 2 amide bonds. The second kappa shape index (κ2) is 6.49. The zero-order valence-electron chi connectivity index (χ0n) is 11.3. The molecule has 1 atom stereocenters. The summed E-state index contributed by atoms with van der Waals surface area (Å²) in [6.45, 7) is 0.0110. The highest BCUT2D eigenvalue weighted by Crippen LogP contribution is 2.40. The number of aromatic nitrogens is 3. The minimum atomic E-state index is -0.321. The summed E-state index contributed by atoms with van der Waals surface area (Å²) >= 11 is 4.95. The van der Waals surface area contributed by atoms with Gasteiger partial charge in [-0.2, -0.15) is 5.10 Å². The maximum Gasteiger partial charge on any atom is 0.260 e. The average Bonchev–Trinajstić information content (AvgIpc) is 3.11. The van der Waals surface area contributed by atoms with Gasteiger partial charge < -0.3 is 0 Å². The van der Waals surface area contributed by atoms with Crippen LogP contribution in [0.15, 0.2) is 41.4 Å². The fourth-order valence-corrected chi connectivity index (χ4v) is 3.88. The monoisotopic (exact) mass is 381 g/mol. The van der Waals surface area contributed by atoms with Gasteiger partial charge in [0.05, 0.1) is 5.75 Å². The number of benzene rings is 1. The van der Waals surface area contributed by atoms with Crippen LogP contribution in [0.5, 0.6) is 0 Å². The number of carbonyl (C=O) groups excluding carboxylic acids is 2. The van der Waals surface area contributed by atoms with Crippen LogP contribution in [-0.4, -0.2) is 37.3 Å². The Morgan fingerprint density at radius 3 is 3.00 bits per heavy atom. The lowest BCUT2D eigenvalue weighted by Crippen LogP contribution is -2.45. The number of carbonyl (C=O) groups is 2. The third-order valence-electron chi connectivity index (χ3n) is 3.06. The molecule has 1 aliphatic rings. The van der Waals surface area contributed by atoms with Gasteiger partial charge in [0.25, 0.3) is 11.8 Å². The lowest BCUT2D eigenvalue weighted by molar-refractivity contribution is -0.139. The smallest absolute Gasteiger partial charge is 0.260 e. The van der Waals surface area contributed by atoms with Crippen molar-refractivity contribution in [3.05, 3.63) is 47.0 Å². The van der Waals surface area contributed by atoms with Crippen molar-refractivity contribution in [3.8, 4) is 0 Å². The van der Waals surface area contributed by atoms with Gasteiger partial charge in [-0.05, 0) is 6.07 Å². The molecule has 0 spiro atoms. The van der Waals surface area contributed by atoms with Crippen LogP contribution >= 0.6 is 27.7 Å². The van der Waals surface area contributed by atoms with E-state index in [1.807, 2.05) is 24.3 Å². The van der Waals surface area contributed by atoms with E-state index >= 15 is 0 Å². The van der Waals surface area contributed by atoms with E-state index in [0.29, 0.717) is 5.75 Å². The number of amides is 2. The van der Waals surface area contributed by atoms with Crippen molar-refractivity contribution in [1.29, 1.82) is 0 Å². The van der Waals surface area contributed by atoms with Gasteiger partial charge in [-0.15, -0.1) is 11.8 Å². The fourth-order valence-electron chi connectivity index (χ4n) is 2.08. The van der Waals surface area contributed by atoms with E-state index in [4.69, 9.17) is 0 Å². The Hall–Kier alpha value is -1.87. The molecule has 9 heteroatoms. The number of halogens is 1. The largest absolute Gasteiger partial charge is 0.272 e. The van der Waals surface area contributed by atoms with E-state index in [2.05, 4.69) is 31.4 Å². The van der Waals surface area contributed by atoms with Crippen LogP contribution in [0.4, 0.5) is 0 Å². The molecule has 2 aromatic rings. The number of hydrogen-bond acceptors (Lipinski definition) is 5. The van der Waals surface area contributed by atoms with Gasteiger partial charge >= 0.3 is 0 Å². The number of nitrogens with zero attached hydrogens (tertiary/aromatic N) is 4. The van der Waals surface area contributed by atoms with Crippen molar-refractivity contribution in [2.45, 2.75) is 11.9 Å². The highest BCUT2D eigenvalue weighted by atomic mass is 79.9. The second-order valence-electron chi connectivity index (χ2n) is 4.58. The zero-order valence-corrected chi connectivity index (χ0v) is 13.7. The normalized spacial score (nSPS) is 17.8. The predicted octanol–water partition coefficient (Wildman–Crippen LogP) is 1.35. The van der Waals surface area contributed by atoms with Gasteiger partial charge in [0.2, 0.25) is 0 Å². The molecule has 114 valence electrons. The Balaban J connectivity index is 1.74. The van der Waals surface area contributed by atoms with Crippen LogP contribution in [0.1, 0.15) is 10.9 Å². The third kappa shape index (κ3) is 3.14. The van der Waals surface area contributed by atoms with Crippen molar-refractivity contribution in [3.63, 3.8) is 0 Å². The van der Waals surface area contributed by atoms with Gasteiger partial charge in [-0.3, -0.25) is 15.0 Å². The quantitative estimate of drug-likeness (QED) is 0.864. The van der Waals surface area contributed by atoms with E-state index < -0.39 is 0 Å². The summed E-state index contributed by atoms with van der Waals surface area (Å²) in [6.07, 6.45) is 2.80. The Kier molecular flexibility index (Phi) is 4.44. The van der Waals surface area contributed by atoms with E-state index in [1.54, 1.807) is 0 Å². The Morgan fingerprint density at radius 2 is 2.27 bits per heavy atom. The number of thioether (sulfide) groups is 1. The van der Waals surface area contributed by atoms with E-state index in [0.717, 1.165) is 10.0 Å². The molecule has 1 aromatic heterocycles. The number of rotatable bonds is 4. The van der Waals surface area contributed by atoms with E-state index in [9.17, 15) is 9.59 Å². The van der Waals surface area contributed by atoms with Crippen LogP contribution in [0.25, 0.3) is 0 Å². The average molecular weight is 382 g/mol. The van der Waals surface area contributed by atoms with Gasteiger partial charge in [0.1, 0.15) is 24.6 Å². The lowest BCUT2D eigenvalue weighted by atomic mass is 10.2. The first-order chi connectivity index (χ1) is 10.6. The summed E-state index contributed by atoms with van der Waals surface area (Å²) in [5.41, 5.74) is 3.60. The highest BCUT2D eigenvalue weighted by Gasteiger charge is 2.35. The first-order valence-corrected chi connectivity index (χ1v) is 8.29. The van der Waals surface area contributed by atoms with Crippen LogP contribution in [0.2, 0.25) is 0 Å². The molecule has 22 heavy (non-hydrogen) atoms. The van der Waals surface area contributed by atoms with Crippen LogP contribution in [-0.2, 0) is 16.1 Å². The van der Waals surface area contributed by atoms with E-state index in [-0.39, 0.29) is 23.7 Å². The first-order valence-electron chi connectivity index (χ1n) is 6.45. The van der Waals surface area contributed by atoms with Gasteiger partial charge in [-0.1, -0.05) is 34.1 Å². The molecule has 0 bridgehead atoms. The summed E-state index contributed by atoms with van der Waals surface area (Å²) in [5.74, 6) is -0.119. The maximum atomic E-state index is 12.1. The minimum absolute atomic E-state index is 0.0110. The van der Waals surface area contributed by atoms with Gasteiger partial charge in [0.15, 0.2) is 0 Å². The minimum Gasteiger partial charge on any atom is -0.272 e. The van der Waals surface area contributed by atoms with Gasteiger partial charge in [0, 0.05) is 10.0 Å². The second-order valence-corrected chi connectivity index (χ2v) is 6.50. The van der Waals surface area contributed by atoms with Crippen LogP contribution < -0.4 is 5.43 Å². The highest BCUT2D eigenvalue weighted by molar-refractivity contribution is 9.10. The molecule has 1 aliphatic heterocycles. The van der Waals surface area contributed by atoms with Crippen molar-refractivity contribution < 1.29 is 9.59 Å². The summed E-state index contributed by atoms with van der Waals surface area (Å²) in [6, 6.07) is 7.65. The van der Waals surface area contributed by atoms with Crippen LogP contribution in [0.3, 0.4) is 0 Å². The SMILES string of the molecule is O=C(Cn1cncn1)NN1C(=O)CSC1c1ccccc1Br. The molecule has 1 unspecified atom stereocenters. The summed E-state index contributed by atoms with van der Waals surface area (Å²) in [5, 5.41) is 5.00. The molecular formula is C13H12BrN5O2S. The molecule has 2 heterocycles. The lowest BCUT2D eigenvalue weighted by Gasteiger charge is -2.25. The van der Waals surface area contributed by atoms with Crippen molar-refractivity contribution >= 4 is 39.5 Å². The molecule has 1 fully saturated rings. The van der Waals surface area contributed by atoms with Crippen molar-refractivity contribution in [2.75, 3.05) is 5.75 Å². The molecular weight excluding hydrogens is 370 g/mol. The van der Waals surface area contributed by atoms with Crippen LogP contribution in [0, 0.1) is 0 Å². The molecule has 3 rings (SSSR count). The molecule has 0 saturated carbocycles. The third-order valence-corrected chi connectivity index (χ3v) is 4.97. The Labute approximate surface area is 139 Å². The maximum absolute atomic E-state index is 12.1. The Bertz CT molecular complexity index is 693. The van der Waals surface area contributed by atoms with Crippen molar-refractivity contribution in [1.82, 2.24) is 25.2 Å². The number of nitrogens with one attached hydrogen (secondary N) is 1.